The molecule has 72 heavy (non-hydrogen) atoms. The Labute approximate surface area is 469 Å². The molecule has 0 N–H and O–H groups in total. The molecule has 0 atom stereocenters. The van der Waals surface area contributed by atoms with Crippen molar-refractivity contribution < 1.29 is 40.4 Å². The topological polar surface area (TPSA) is 131 Å². The van der Waals surface area contributed by atoms with E-state index >= 15 is 0 Å². The second kappa shape index (κ2) is 26.6. The van der Waals surface area contributed by atoms with E-state index in [9.17, 15) is 0 Å². The summed E-state index contributed by atoms with van der Waals surface area (Å²) in [6, 6.07) is 15.5. The van der Waals surface area contributed by atoms with Gasteiger partial charge in [0.15, 0.2) is 0 Å². The molecule has 0 bridgehead atoms. The third-order valence-corrected chi connectivity index (χ3v) is 13.7. The predicted molar refractivity (Wildman–Crippen MR) is 300 cm³/mol. The van der Waals surface area contributed by atoms with E-state index in [1.807, 2.05) is 0 Å². The van der Waals surface area contributed by atoms with Crippen LogP contribution in [-0.4, -0.2) is 72.4 Å². The molecule has 0 aromatic carbocycles. The summed E-state index contributed by atoms with van der Waals surface area (Å²) in [5, 5.41) is 38.7. The second-order valence-electron chi connectivity index (χ2n) is 23.9. The minimum Gasteiger partial charge on any atom is -0.400 e. The van der Waals surface area contributed by atoms with E-state index in [1.165, 1.54) is 41.1 Å². The fraction of sp³-hybridized carbons (Fsp3) is 0.661. The van der Waals surface area contributed by atoms with Crippen molar-refractivity contribution in [2.75, 3.05) is 0 Å². The van der Waals surface area contributed by atoms with E-state index < -0.39 is 14.2 Å². The quantitative estimate of drug-likeness (QED) is 0.0783. The van der Waals surface area contributed by atoms with E-state index in [0.717, 1.165) is 34.2 Å². The zero-order valence-corrected chi connectivity index (χ0v) is 52.1. The molecule has 16 heteroatoms. The first-order chi connectivity index (χ1) is 33.1. The van der Waals surface area contributed by atoms with Crippen LogP contribution in [0.4, 0.5) is 0 Å². The monoisotopic (exact) mass is 1120 g/mol. The molecule has 13 nitrogen and oxygen atoms in total. The Hall–Kier alpha value is -3.78. The molecular formula is C56H95B2N13Sm-2. The van der Waals surface area contributed by atoms with Gasteiger partial charge in [-0.05, 0) is 107 Å². The Kier molecular flexibility index (Phi) is 23.1. The normalized spacial score (nSPS) is 12.2. The molecule has 0 spiro atoms. The van der Waals surface area contributed by atoms with E-state index in [4.69, 9.17) is 35.9 Å². The van der Waals surface area contributed by atoms with Gasteiger partial charge in [0, 0.05) is 81.5 Å². The maximum absolute atomic E-state index is 7.32. The van der Waals surface area contributed by atoms with Gasteiger partial charge in [-0.2, -0.15) is 5.26 Å². The summed E-state index contributed by atoms with van der Waals surface area (Å²) in [5.74, 6) is 4.25. The molecule has 398 valence electrons. The Balaban J connectivity index is 0.000000356. The molecule has 0 fully saturated rings. The van der Waals surface area contributed by atoms with Gasteiger partial charge < -0.3 is 27.6 Å². The van der Waals surface area contributed by atoms with Gasteiger partial charge in [-0.1, -0.05) is 166 Å². The van der Waals surface area contributed by atoms with Gasteiger partial charge in [-0.3, -0.25) is 0 Å². The Morgan fingerprint density at radius 2 is 0.403 bits per heavy atom. The molecule has 0 radical (unpaired) electrons. The number of hydrogen-bond acceptors (Lipinski definition) is 7. The average molecular weight is 1120 g/mol. The Bertz CT molecular complexity index is 2200. The number of hydrogen-bond donors (Lipinski definition) is 0. The minimum atomic E-state index is -1.46. The molecule has 0 unspecified atom stereocenters. The summed E-state index contributed by atoms with van der Waals surface area (Å²) >= 11 is 0. The molecular weight excluding hydrogens is 1030 g/mol. The fourth-order valence-electron chi connectivity index (χ4n) is 9.31. The van der Waals surface area contributed by atoms with Crippen molar-refractivity contribution in [2.45, 2.75) is 244 Å². The van der Waals surface area contributed by atoms with Crippen molar-refractivity contribution in [3.8, 4) is 6.07 Å². The zero-order valence-electron chi connectivity index (χ0n) is 49.5. The molecule has 0 saturated heterocycles. The van der Waals surface area contributed by atoms with Crippen LogP contribution in [0.25, 0.3) is 0 Å². The van der Waals surface area contributed by atoms with Crippen LogP contribution in [0.5, 0.6) is 0 Å². The van der Waals surface area contributed by atoms with Crippen LogP contribution in [0.1, 0.15) is 312 Å². The summed E-state index contributed by atoms with van der Waals surface area (Å²) in [6.45, 7) is 55.1. The maximum Gasteiger partial charge on any atom is 0.326 e. The summed E-state index contributed by atoms with van der Waals surface area (Å²) in [5.41, 5.74) is 14.3. The number of nitriles is 1. The van der Waals surface area contributed by atoms with Gasteiger partial charge in [0.1, 0.15) is 0 Å². The van der Waals surface area contributed by atoms with E-state index in [1.54, 1.807) is 6.07 Å². The Morgan fingerprint density at radius 3 is 0.486 bits per heavy atom. The molecule has 6 rings (SSSR count). The first kappa shape index (κ1) is 62.5. The number of aromatic nitrogens is 12. The molecule has 0 aliphatic rings. The van der Waals surface area contributed by atoms with Gasteiger partial charge >= 0.3 is 14.2 Å². The number of nitrogens with zero attached hydrogens (tertiary/aromatic N) is 13. The summed E-state index contributed by atoms with van der Waals surface area (Å²) < 4.78 is 13.6. The van der Waals surface area contributed by atoms with E-state index in [-0.39, 0.29) is 40.4 Å². The first-order valence-electron chi connectivity index (χ1n) is 27.3. The SMILES string of the molecule is CC#N.CC(C)c1cc(C(C)C)n([BH-](n2nc(C(C)C)cc2C(C)C)n2nc(C(C)C)cc2C(C)C)n1.CC(C)c1cc(C(C)C)n([BH-](n2nc(C(C)C)cc2C(C)C)n2nc(C(C)C)cc2C(C)C)n1.[Sm]. The van der Waals surface area contributed by atoms with Crippen molar-refractivity contribution in [1.82, 2.24) is 58.1 Å². The third-order valence-electron chi connectivity index (χ3n) is 13.7. The molecule has 0 aliphatic heterocycles. The first-order valence-corrected chi connectivity index (χ1v) is 27.3. The molecule has 0 aliphatic carbocycles. The Morgan fingerprint density at radius 1 is 0.292 bits per heavy atom. The van der Waals surface area contributed by atoms with Crippen LogP contribution >= 0.6 is 0 Å². The van der Waals surface area contributed by atoms with Crippen molar-refractivity contribution in [3.63, 3.8) is 0 Å². The maximum atomic E-state index is 7.32. The van der Waals surface area contributed by atoms with Crippen molar-refractivity contribution in [1.29, 1.82) is 5.26 Å². The zero-order chi connectivity index (χ0) is 53.7. The smallest absolute Gasteiger partial charge is 0.326 e. The van der Waals surface area contributed by atoms with Gasteiger partial charge in [0.05, 0.1) is 40.2 Å². The van der Waals surface area contributed by atoms with Gasteiger partial charge in [0.2, 0.25) is 0 Å². The third kappa shape index (κ3) is 14.3. The van der Waals surface area contributed by atoms with Crippen molar-refractivity contribution in [2.24, 2.45) is 0 Å². The predicted octanol–water partition coefficient (Wildman–Crippen LogP) is 13.9. The summed E-state index contributed by atoms with van der Waals surface area (Å²) in [4.78, 5) is 0. The van der Waals surface area contributed by atoms with Crippen LogP contribution in [-0.2, 0) is 0 Å². The van der Waals surface area contributed by atoms with Crippen molar-refractivity contribution in [3.05, 3.63) is 105 Å². The largest absolute Gasteiger partial charge is 0.400 e. The van der Waals surface area contributed by atoms with Gasteiger partial charge in [0.25, 0.3) is 0 Å². The molecule has 6 aromatic rings. The molecule has 0 amide bonds. The van der Waals surface area contributed by atoms with E-state index in [0.29, 0.717) is 71.0 Å². The molecule has 6 aromatic heterocycles. The van der Waals surface area contributed by atoms with Gasteiger partial charge in [-0.25, -0.2) is 30.6 Å². The second-order valence-corrected chi connectivity index (χ2v) is 23.9. The number of rotatable bonds is 18. The molecule has 0 saturated carbocycles. The fourth-order valence-corrected chi connectivity index (χ4v) is 9.31. The van der Waals surface area contributed by atoms with Crippen LogP contribution < -0.4 is 0 Å². The van der Waals surface area contributed by atoms with Gasteiger partial charge in [-0.15, -0.1) is 0 Å². The van der Waals surface area contributed by atoms with Crippen LogP contribution in [0.15, 0.2) is 36.4 Å². The minimum absolute atomic E-state index is 0. The molecule has 6 heterocycles. The summed E-state index contributed by atoms with van der Waals surface area (Å²) in [7, 11) is -2.92. The van der Waals surface area contributed by atoms with E-state index in [2.05, 4.69) is 230 Å². The van der Waals surface area contributed by atoms with Crippen LogP contribution in [0.2, 0.25) is 0 Å². The summed E-state index contributed by atoms with van der Waals surface area (Å²) in [6.07, 6.45) is 0. The van der Waals surface area contributed by atoms with Crippen LogP contribution in [0, 0.1) is 51.7 Å². The van der Waals surface area contributed by atoms with Crippen LogP contribution in [0.3, 0.4) is 0 Å². The average Bonchev–Trinajstić information content (AvgIpc) is 4.12. The standard InChI is InChI=1S/2C27H46BN6.C2H3N.Sm/c2*1-16(2)22-13-25(19(7)8)32(29-22)28(33-26(20(9)10)14-23(30-33)17(3)4)34-27(21(11)12)15-24(31-34)18(5)6;1-2-3;/h2*13-21,28H,1-12H3;1H3;/q2*-1;;. The van der Waals surface area contributed by atoms with Crippen molar-refractivity contribution >= 4 is 14.2 Å².